The Morgan fingerprint density at radius 2 is 2.18 bits per heavy atom. The van der Waals surface area contributed by atoms with Crippen LogP contribution in [0.15, 0.2) is 24.3 Å². The molecule has 0 radical (unpaired) electrons. The quantitative estimate of drug-likeness (QED) is 0.817. The summed E-state index contributed by atoms with van der Waals surface area (Å²) in [7, 11) is -1.81. The van der Waals surface area contributed by atoms with Crippen LogP contribution in [0.1, 0.15) is 6.42 Å². The molecule has 1 fully saturated rings. The summed E-state index contributed by atoms with van der Waals surface area (Å²) in [4.78, 5) is 0. The first-order valence-corrected chi connectivity index (χ1v) is 7.13. The van der Waals surface area contributed by atoms with Crippen molar-refractivity contribution in [3.05, 3.63) is 24.3 Å². The number of ether oxygens (including phenoxy) is 1. The van der Waals surface area contributed by atoms with Gasteiger partial charge in [-0.25, -0.2) is 8.42 Å². The van der Waals surface area contributed by atoms with Crippen LogP contribution in [0.2, 0.25) is 0 Å². The fraction of sp³-hybridized carbons (Fsp3) is 0.455. The van der Waals surface area contributed by atoms with Crippen molar-refractivity contribution in [3.8, 4) is 5.75 Å². The van der Waals surface area contributed by atoms with E-state index in [0.29, 0.717) is 11.4 Å². The van der Waals surface area contributed by atoms with Gasteiger partial charge in [0.05, 0.1) is 18.6 Å². The van der Waals surface area contributed by atoms with Gasteiger partial charge in [0, 0.05) is 6.04 Å². The van der Waals surface area contributed by atoms with Gasteiger partial charge in [-0.2, -0.15) is 0 Å². The molecular weight excluding hydrogens is 240 g/mol. The van der Waals surface area contributed by atoms with Crippen LogP contribution < -0.4 is 14.8 Å². The molecule has 0 aliphatic carbocycles. The van der Waals surface area contributed by atoms with Crippen molar-refractivity contribution in [1.29, 1.82) is 0 Å². The molecule has 1 heterocycles. The van der Waals surface area contributed by atoms with Crippen LogP contribution in [0, 0.1) is 0 Å². The van der Waals surface area contributed by atoms with E-state index in [2.05, 4.69) is 10.0 Å². The topological polar surface area (TPSA) is 67.4 Å². The molecule has 1 aliphatic heterocycles. The standard InChI is InChI=1S/C11H16N2O3S/c1-16-11-5-3-2-4-10(11)13-17(14,15)8-9-6-7-12-9/h2-5,9,12-13H,6-8H2,1H3. The number of methoxy groups -OCH3 is 1. The van der Waals surface area contributed by atoms with Crippen molar-refractivity contribution in [2.45, 2.75) is 12.5 Å². The van der Waals surface area contributed by atoms with E-state index in [1.54, 1.807) is 24.3 Å². The third kappa shape index (κ3) is 3.10. The molecule has 1 aliphatic rings. The summed E-state index contributed by atoms with van der Waals surface area (Å²) in [6, 6.07) is 7.04. The first-order valence-electron chi connectivity index (χ1n) is 5.47. The van der Waals surface area contributed by atoms with Crippen molar-refractivity contribution >= 4 is 15.7 Å². The lowest BCUT2D eigenvalue weighted by molar-refractivity contribution is 0.399. The summed E-state index contributed by atoms with van der Waals surface area (Å²) in [5.74, 6) is 0.628. The Bertz CT molecular complexity index is 483. The van der Waals surface area contributed by atoms with E-state index in [-0.39, 0.29) is 11.8 Å². The Labute approximate surface area is 101 Å². The molecule has 1 unspecified atom stereocenters. The maximum atomic E-state index is 11.9. The van der Waals surface area contributed by atoms with Crippen molar-refractivity contribution in [1.82, 2.24) is 5.32 Å². The molecule has 5 nitrogen and oxygen atoms in total. The van der Waals surface area contributed by atoms with Gasteiger partial charge in [0.2, 0.25) is 10.0 Å². The van der Waals surface area contributed by atoms with Gasteiger partial charge >= 0.3 is 0 Å². The molecular formula is C11H16N2O3S. The Balaban J connectivity index is 2.08. The van der Waals surface area contributed by atoms with Crippen LogP contribution in [0.3, 0.4) is 0 Å². The van der Waals surface area contributed by atoms with E-state index in [4.69, 9.17) is 4.74 Å². The van der Waals surface area contributed by atoms with E-state index >= 15 is 0 Å². The van der Waals surface area contributed by atoms with Crippen LogP contribution >= 0.6 is 0 Å². The first-order chi connectivity index (χ1) is 8.11. The molecule has 94 valence electrons. The molecule has 17 heavy (non-hydrogen) atoms. The Kier molecular flexibility index (Phi) is 3.54. The zero-order valence-corrected chi connectivity index (χ0v) is 10.5. The maximum absolute atomic E-state index is 11.9. The van der Waals surface area contributed by atoms with Crippen LogP contribution in [0.4, 0.5) is 5.69 Å². The van der Waals surface area contributed by atoms with Gasteiger partial charge in [0.15, 0.2) is 0 Å². The lowest BCUT2D eigenvalue weighted by Gasteiger charge is -2.27. The highest BCUT2D eigenvalue weighted by Crippen LogP contribution is 2.24. The minimum atomic E-state index is -3.32. The maximum Gasteiger partial charge on any atom is 0.234 e. The number of anilines is 1. The second-order valence-electron chi connectivity index (χ2n) is 4.02. The van der Waals surface area contributed by atoms with Crippen LogP contribution in [0.5, 0.6) is 5.75 Å². The van der Waals surface area contributed by atoms with Gasteiger partial charge in [0.25, 0.3) is 0 Å². The molecule has 0 bridgehead atoms. The van der Waals surface area contributed by atoms with Gasteiger partial charge in [-0.15, -0.1) is 0 Å². The number of nitrogens with one attached hydrogen (secondary N) is 2. The second kappa shape index (κ2) is 4.93. The zero-order chi connectivity index (χ0) is 12.3. The van der Waals surface area contributed by atoms with E-state index in [9.17, 15) is 8.42 Å². The van der Waals surface area contributed by atoms with E-state index in [1.807, 2.05) is 0 Å². The van der Waals surface area contributed by atoms with Crippen LogP contribution in [0.25, 0.3) is 0 Å². The van der Waals surface area contributed by atoms with Gasteiger partial charge in [-0.3, -0.25) is 4.72 Å². The predicted molar refractivity (Wildman–Crippen MR) is 66.8 cm³/mol. The molecule has 0 saturated carbocycles. The highest BCUT2D eigenvalue weighted by Gasteiger charge is 2.24. The average Bonchev–Trinajstić information content (AvgIpc) is 2.24. The van der Waals surface area contributed by atoms with Crippen molar-refractivity contribution in [3.63, 3.8) is 0 Å². The summed E-state index contributed by atoms with van der Waals surface area (Å²) in [6.45, 7) is 0.898. The number of sulfonamides is 1. The monoisotopic (exact) mass is 256 g/mol. The Morgan fingerprint density at radius 1 is 1.47 bits per heavy atom. The highest BCUT2D eigenvalue weighted by atomic mass is 32.2. The largest absolute Gasteiger partial charge is 0.495 e. The van der Waals surface area contributed by atoms with E-state index < -0.39 is 10.0 Å². The number of hydrogen-bond acceptors (Lipinski definition) is 4. The Morgan fingerprint density at radius 3 is 2.76 bits per heavy atom. The number of rotatable bonds is 5. The third-order valence-corrected chi connectivity index (χ3v) is 4.09. The number of benzene rings is 1. The smallest absolute Gasteiger partial charge is 0.234 e. The molecule has 2 rings (SSSR count). The summed E-state index contributed by atoms with van der Waals surface area (Å²) in [6.07, 6.45) is 0.910. The van der Waals surface area contributed by atoms with Crippen LogP contribution in [-0.2, 0) is 10.0 Å². The molecule has 0 spiro atoms. The zero-order valence-electron chi connectivity index (χ0n) is 9.64. The lowest BCUT2D eigenvalue weighted by Crippen LogP contribution is -2.48. The number of para-hydroxylation sites is 2. The minimum absolute atomic E-state index is 0.0715. The Hall–Kier alpha value is -1.27. The normalized spacial score (nSPS) is 19.5. The van der Waals surface area contributed by atoms with Gasteiger partial charge < -0.3 is 10.1 Å². The molecule has 6 heteroatoms. The van der Waals surface area contributed by atoms with Gasteiger partial charge in [0.1, 0.15) is 5.75 Å². The lowest BCUT2D eigenvalue weighted by atomic mass is 10.1. The highest BCUT2D eigenvalue weighted by molar-refractivity contribution is 7.92. The van der Waals surface area contributed by atoms with Crippen LogP contribution in [-0.4, -0.2) is 33.9 Å². The molecule has 1 aromatic rings. The predicted octanol–water partition coefficient (Wildman–Crippen LogP) is 0.799. The molecule has 0 aromatic heterocycles. The van der Waals surface area contributed by atoms with Gasteiger partial charge in [-0.05, 0) is 25.1 Å². The summed E-state index contributed by atoms with van der Waals surface area (Å²) in [5.41, 5.74) is 0.481. The van der Waals surface area contributed by atoms with Crippen molar-refractivity contribution < 1.29 is 13.2 Å². The molecule has 0 amide bonds. The number of hydrogen-bond donors (Lipinski definition) is 2. The molecule has 2 N–H and O–H groups in total. The first kappa shape index (κ1) is 12.2. The van der Waals surface area contributed by atoms with Crippen molar-refractivity contribution in [2.75, 3.05) is 24.1 Å². The van der Waals surface area contributed by atoms with Gasteiger partial charge in [-0.1, -0.05) is 12.1 Å². The molecule has 1 saturated heterocycles. The molecule has 1 aromatic carbocycles. The van der Waals surface area contributed by atoms with E-state index in [0.717, 1.165) is 13.0 Å². The minimum Gasteiger partial charge on any atom is -0.495 e. The van der Waals surface area contributed by atoms with E-state index in [1.165, 1.54) is 7.11 Å². The summed E-state index contributed by atoms with van der Waals surface area (Å²) in [5, 5.41) is 3.07. The SMILES string of the molecule is COc1ccccc1NS(=O)(=O)CC1CCN1. The molecule has 1 atom stereocenters. The average molecular weight is 256 g/mol. The third-order valence-electron chi connectivity index (χ3n) is 2.72. The summed E-state index contributed by atoms with van der Waals surface area (Å²) >= 11 is 0. The fourth-order valence-electron chi connectivity index (χ4n) is 1.69. The van der Waals surface area contributed by atoms with Crippen molar-refractivity contribution in [2.24, 2.45) is 0 Å². The second-order valence-corrected chi connectivity index (χ2v) is 5.79. The fourth-order valence-corrected chi connectivity index (χ4v) is 3.09. The summed E-state index contributed by atoms with van der Waals surface area (Å²) < 4.78 is 31.4.